The smallest absolute Gasteiger partial charge is 0.243 e. The lowest BCUT2D eigenvalue weighted by Crippen LogP contribution is -2.43. The number of rotatable bonds is 5. The molecule has 2 aromatic carbocycles. The number of hydrogen-bond donors (Lipinski definition) is 1. The molecule has 0 aliphatic carbocycles. The third-order valence-corrected chi connectivity index (χ3v) is 5.09. The van der Waals surface area contributed by atoms with Crippen LogP contribution in [0.4, 0.5) is 11.4 Å². The minimum Gasteiger partial charge on any atom is -0.491 e. The SMILES string of the molecule is Cc1cc(Br)ccc1NC(=O)CN(C)C(=O)CN1C(=O)CCOc2ccccc21. The number of aryl methyl sites for hydroxylation is 1. The van der Waals surface area contributed by atoms with Crippen LogP contribution in [0, 0.1) is 6.92 Å². The van der Waals surface area contributed by atoms with Gasteiger partial charge in [-0.1, -0.05) is 28.1 Å². The van der Waals surface area contributed by atoms with E-state index in [9.17, 15) is 14.4 Å². The second kappa shape index (κ2) is 9.09. The van der Waals surface area contributed by atoms with Crippen molar-refractivity contribution < 1.29 is 19.1 Å². The Balaban J connectivity index is 1.64. The molecular weight excluding hydrogens is 438 g/mol. The molecule has 0 aromatic heterocycles. The van der Waals surface area contributed by atoms with Crippen molar-refractivity contribution in [2.45, 2.75) is 13.3 Å². The van der Waals surface area contributed by atoms with Crippen molar-refractivity contribution in [1.82, 2.24) is 4.90 Å². The predicted octanol–water partition coefficient (Wildman–Crippen LogP) is 2.97. The van der Waals surface area contributed by atoms with Crippen molar-refractivity contribution in [1.29, 1.82) is 0 Å². The van der Waals surface area contributed by atoms with Gasteiger partial charge in [0.05, 0.1) is 25.3 Å². The third kappa shape index (κ3) is 5.14. The minimum atomic E-state index is -0.335. The predicted molar refractivity (Wildman–Crippen MR) is 114 cm³/mol. The van der Waals surface area contributed by atoms with Crippen LogP contribution in [0.25, 0.3) is 0 Å². The molecule has 0 unspecified atom stereocenters. The number of benzene rings is 2. The summed E-state index contributed by atoms with van der Waals surface area (Å²) in [5.74, 6) is -0.265. The van der Waals surface area contributed by atoms with Crippen molar-refractivity contribution >= 4 is 45.0 Å². The van der Waals surface area contributed by atoms with E-state index in [2.05, 4.69) is 21.2 Å². The van der Waals surface area contributed by atoms with E-state index in [0.717, 1.165) is 10.0 Å². The second-order valence-corrected chi connectivity index (χ2v) is 7.72. The number of likely N-dealkylation sites (N-methyl/N-ethyl adjacent to an activating group) is 1. The van der Waals surface area contributed by atoms with Crippen molar-refractivity contribution in [3.05, 3.63) is 52.5 Å². The van der Waals surface area contributed by atoms with Crippen molar-refractivity contribution in [2.24, 2.45) is 0 Å². The van der Waals surface area contributed by atoms with Crippen LogP contribution in [0.1, 0.15) is 12.0 Å². The number of carbonyl (C=O) groups excluding carboxylic acids is 3. The number of fused-ring (bicyclic) bond motifs is 1. The van der Waals surface area contributed by atoms with E-state index in [-0.39, 0.29) is 43.8 Å². The summed E-state index contributed by atoms with van der Waals surface area (Å²) in [6.07, 6.45) is 0.189. The number of halogens is 1. The highest BCUT2D eigenvalue weighted by Gasteiger charge is 2.26. The molecule has 3 amide bonds. The zero-order valence-electron chi connectivity index (χ0n) is 16.3. The molecule has 0 saturated carbocycles. The van der Waals surface area contributed by atoms with Gasteiger partial charge in [0.2, 0.25) is 17.7 Å². The van der Waals surface area contributed by atoms with Gasteiger partial charge in [0, 0.05) is 17.2 Å². The van der Waals surface area contributed by atoms with Gasteiger partial charge in [0.15, 0.2) is 0 Å². The Kier molecular flexibility index (Phi) is 6.53. The summed E-state index contributed by atoms with van der Waals surface area (Å²) in [6, 6.07) is 12.6. The molecule has 7 nitrogen and oxygen atoms in total. The number of hydrogen-bond acceptors (Lipinski definition) is 4. The first-order valence-corrected chi connectivity index (χ1v) is 9.96. The molecule has 1 aliphatic rings. The highest BCUT2D eigenvalue weighted by atomic mass is 79.9. The number of amides is 3. The van der Waals surface area contributed by atoms with E-state index in [1.54, 1.807) is 31.3 Å². The van der Waals surface area contributed by atoms with Crippen molar-refractivity contribution in [3.63, 3.8) is 0 Å². The normalized spacial score (nSPS) is 13.2. The molecular formula is C21H22BrN3O4. The molecule has 1 N–H and O–H groups in total. The molecule has 1 heterocycles. The lowest BCUT2D eigenvalue weighted by Gasteiger charge is -2.24. The summed E-state index contributed by atoms with van der Waals surface area (Å²) in [7, 11) is 1.54. The number of carbonyl (C=O) groups is 3. The Morgan fingerprint density at radius 1 is 1.24 bits per heavy atom. The maximum atomic E-state index is 12.7. The number of para-hydroxylation sites is 2. The standard InChI is InChI=1S/C21H22BrN3O4/c1-14-11-15(22)7-8-16(14)23-19(26)12-24(2)21(28)13-25-17-5-3-4-6-18(17)29-10-9-20(25)27/h3-8,11H,9-10,12-13H2,1-2H3,(H,23,26). The quantitative estimate of drug-likeness (QED) is 0.745. The average molecular weight is 460 g/mol. The lowest BCUT2D eigenvalue weighted by molar-refractivity contribution is -0.133. The van der Waals surface area contributed by atoms with Crippen LogP contribution < -0.4 is 15.0 Å². The molecule has 3 rings (SSSR count). The molecule has 8 heteroatoms. The summed E-state index contributed by atoms with van der Waals surface area (Å²) in [5.41, 5.74) is 2.16. The monoisotopic (exact) mass is 459 g/mol. The van der Waals surface area contributed by atoms with E-state index in [1.807, 2.05) is 25.1 Å². The molecule has 0 saturated heterocycles. The molecule has 0 radical (unpaired) electrons. The summed E-state index contributed by atoms with van der Waals surface area (Å²) in [5, 5.41) is 2.81. The van der Waals surface area contributed by atoms with Gasteiger partial charge >= 0.3 is 0 Å². The van der Waals surface area contributed by atoms with Gasteiger partial charge < -0.3 is 15.0 Å². The van der Waals surface area contributed by atoms with Gasteiger partial charge in [-0.2, -0.15) is 0 Å². The first-order valence-electron chi connectivity index (χ1n) is 9.17. The van der Waals surface area contributed by atoms with E-state index >= 15 is 0 Å². The molecule has 152 valence electrons. The minimum absolute atomic E-state index is 0.117. The molecule has 29 heavy (non-hydrogen) atoms. The Hall–Kier alpha value is -2.87. The van der Waals surface area contributed by atoms with E-state index in [4.69, 9.17) is 4.74 Å². The number of nitrogens with one attached hydrogen (secondary N) is 1. The van der Waals surface area contributed by atoms with Crippen LogP contribution in [0.3, 0.4) is 0 Å². The van der Waals surface area contributed by atoms with Gasteiger partial charge in [0.1, 0.15) is 12.3 Å². The summed E-state index contributed by atoms with van der Waals surface area (Å²) in [4.78, 5) is 40.2. The Labute approximate surface area is 177 Å². The Bertz CT molecular complexity index is 947. The average Bonchev–Trinajstić information content (AvgIpc) is 2.83. The fourth-order valence-corrected chi connectivity index (χ4v) is 3.49. The van der Waals surface area contributed by atoms with Gasteiger partial charge in [0.25, 0.3) is 0 Å². The lowest BCUT2D eigenvalue weighted by atomic mass is 10.2. The van der Waals surface area contributed by atoms with Gasteiger partial charge in [-0.25, -0.2) is 0 Å². The molecule has 0 spiro atoms. The molecule has 0 atom stereocenters. The van der Waals surface area contributed by atoms with E-state index in [1.165, 1.54) is 9.80 Å². The summed E-state index contributed by atoms with van der Waals surface area (Å²) >= 11 is 3.38. The molecule has 1 aliphatic heterocycles. The second-order valence-electron chi connectivity index (χ2n) is 6.80. The number of ether oxygens (including phenoxy) is 1. The highest BCUT2D eigenvalue weighted by molar-refractivity contribution is 9.10. The van der Waals surface area contributed by atoms with Crippen LogP contribution in [0.5, 0.6) is 5.75 Å². The maximum absolute atomic E-state index is 12.7. The van der Waals surface area contributed by atoms with Crippen LogP contribution in [-0.2, 0) is 14.4 Å². The number of nitrogens with zero attached hydrogens (tertiary/aromatic N) is 2. The zero-order valence-corrected chi connectivity index (χ0v) is 17.9. The topological polar surface area (TPSA) is 79.0 Å². The Morgan fingerprint density at radius 2 is 2.00 bits per heavy atom. The molecule has 2 aromatic rings. The van der Waals surface area contributed by atoms with Gasteiger partial charge in [-0.3, -0.25) is 19.3 Å². The first kappa shape index (κ1) is 20.9. The van der Waals surface area contributed by atoms with Crippen molar-refractivity contribution in [2.75, 3.05) is 37.0 Å². The van der Waals surface area contributed by atoms with Crippen molar-refractivity contribution in [3.8, 4) is 5.75 Å². The molecule has 0 fully saturated rings. The van der Waals surface area contributed by atoms with Crippen LogP contribution in [0.2, 0.25) is 0 Å². The van der Waals surface area contributed by atoms with Gasteiger partial charge in [-0.05, 0) is 42.8 Å². The van der Waals surface area contributed by atoms with Gasteiger partial charge in [-0.15, -0.1) is 0 Å². The molecule has 0 bridgehead atoms. The van der Waals surface area contributed by atoms with E-state index in [0.29, 0.717) is 17.1 Å². The van der Waals surface area contributed by atoms with Crippen LogP contribution in [0.15, 0.2) is 46.9 Å². The zero-order chi connectivity index (χ0) is 21.0. The summed E-state index contributed by atoms with van der Waals surface area (Å²) < 4.78 is 6.51. The van der Waals surface area contributed by atoms with Crippen LogP contribution >= 0.6 is 15.9 Å². The fourth-order valence-electron chi connectivity index (χ4n) is 3.01. The largest absolute Gasteiger partial charge is 0.491 e. The van der Waals surface area contributed by atoms with E-state index < -0.39 is 0 Å². The highest BCUT2D eigenvalue weighted by Crippen LogP contribution is 2.30. The third-order valence-electron chi connectivity index (χ3n) is 4.59. The maximum Gasteiger partial charge on any atom is 0.243 e. The van der Waals surface area contributed by atoms with Crippen LogP contribution in [-0.4, -0.2) is 49.4 Å². The Morgan fingerprint density at radius 3 is 2.76 bits per heavy atom. The first-order chi connectivity index (χ1) is 13.8. The summed E-state index contributed by atoms with van der Waals surface area (Å²) in [6.45, 7) is 1.89. The number of anilines is 2. The fraction of sp³-hybridized carbons (Fsp3) is 0.286.